The van der Waals surface area contributed by atoms with Crippen LogP contribution >= 0.6 is 23.2 Å². The smallest absolute Gasteiger partial charge is 0.228 e. The molecule has 1 fully saturated rings. The Hall–Kier alpha value is -0.380. The van der Waals surface area contributed by atoms with Gasteiger partial charge in [-0.3, -0.25) is 0 Å². The number of nitrogens with two attached hydrogens (primary N) is 1. The molecule has 112 valence electrons. The van der Waals surface area contributed by atoms with E-state index in [0.717, 1.165) is 4.31 Å². The highest BCUT2D eigenvalue weighted by Crippen LogP contribution is 2.33. The third-order valence-corrected chi connectivity index (χ3v) is 7.22. The Morgan fingerprint density at radius 2 is 1.70 bits per heavy atom. The second kappa shape index (κ2) is 5.43. The van der Waals surface area contributed by atoms with E-state index in [1.54, 1.807) is 0 Å². The lowest BCUT2D eigenvalue weighted by molar-refractivity contribution is 0.477. The van der Waals surface area contributed by atoms with Crippen molar-refractivity contribution in [3.63, 3.8) is 0 Å². The largest absolute Gasteiger partial charge is 0.246 e. The fourth-order valence-corrected chi connectivity index (χ4v) is 5.55. The Labute approximate surface area is 127 Å². The summed E-state index contributed by atoms with van der Waals surface area (Å²) in [5.41, 5.74) is 0. The molecule has 1 aliphatic heterocycles. The Balaban J connectivity index is 2.39. The van der Waals surface area contributed by atoms with Crippen molar-refractivity contribution in [3.05, 3.63) is 28.2 Å². The van der Waals surface area contributed by atoms with Gasteiger partial charge in [-0.1, -0.05) is 29.3 Å². The maximum Gasteiger partial charge on any atom is 0.246 e. The molecule has 10 heteroatoms. The summed E-state index contributed by atoms with van der Waals surface area (Å²) in [6.45, 7) is -0.131. The van der Waals surface area contributed by atoms with Crippen molar-refractivity contribution in [2.24, 2.45) is 5.14 Å². The second-order valence-electron chi connectivity index (χ2n) is 4.41. The fourth-order valence-electron chi connectivity index (χ4n) is 2.04. The van der Waals surface area contributed by atoms with Crippen LogP contribution in [0.2, 0.25) is 10.0 Å². The molecular weight excluding hydrogens is 347 g/mol. The first-order valence-corrected chi connectivity index (χ1v) is 9.40. The minimum atomic E-state index is -3.94. The summed E-state index contributed by atoms with van der Waals surface area (Å²) < 4.78 is 48.5. The second-order valence-corrected chi connectivity index (χ2v) is 8.95. The van der Waals surface area contributed by atoms with Gasteiger partial charge in [0.1, 0.15) is 4.90 Å². The Bertz CT molecular complexity index is 713. The van der Waals surface area contributed by atoms with Crippen LogP contribution in [0.3, 0.4) is 0 Å². The summed E-state index contributed by atoms with van der Waals surface area (Å²) >= 11 is 11.8. The normalized spacial score (nSPS) is 21.2. The summed E-state index contributed by atoms with van der Waals surface area (Å²) in [7, 11) is -7.71. The van der Waals surface area contributed by atoms with Gasteiger partial charge in [-0.25, -0.2) is 22.0 Å². The molecule has 0 radical (unpaired) electrons. The van der Waals surface area contributed by atoms with E-state index in [1.165, 1.54) is 18.2 Å². The lowest BCUT2D eigenvalue weighted by atomic mass is 10.4. The molecule has 1 saturated heterocycles. The van der Waals surface area contributed by atoms with Gasteiger partial charge in [0.05, 0.1) is 15.3 Å². The SMILES string of the molecule is NS(=O)(=O)C1CCN(S(=O)(=O)c2c(Cl)cccc2Cl)C1. The van der Waals surface area contributed by atoms with Crippen molar-refractivity contribution in [2.75, 3.05) is 13.1 Å². The number of hydrogen-bond acceptors (Lipinski definition) is 4. The van der Waals surface area contributed by atoms with Gasteiger partial charge < -0.3 is 0 Å². The Kier molecular flexibility index (Phi) is 4.35. The van der Waals surface area contributed by atoms with Crippen molar-refractivity contribution in [1.82, 2.24) is 4.31 Å². The zero-order valence-electron chi connectivity index (χ0n) is 10.2. The number of benzene rings is 1. The Morgan fingerprint density at radius 1 is 1.15 bits per heavy atom. The van der Waals surface area contributed by atoms with Crippen LogP contribution < -0.4 is 5.14 Å². The molecule has 0 saturated carbocycles. The molecule has 0 amide bonds. The molecule has 20 heavy (non-hydrogen) atoms. The topological polar surface area (TPSA) is 97.5 Å². The van der Waals surface area contributed by atoms with E-state index in [-0.39, 0.29) is 34.5 Å². The highest BCUT2D eigenvalue weighted by Gasteiger charge is 2.38. The monoisotopic (exact) mass is 358 g/mol. The summed E-state index contributed by atoms with van der Waals surface area (Å²) in [6.07, 6.45) is 0.153. The van der Waals surface area contributed by atoms with E-state index in [0.29, 0.717) is 0 Å². The fraction of sp³-hybridized carbons (Fsp3) is 0.400. The van der Waals surface area contributed by atoms with Gasteiger partial charge in [0.25, 0.3) is 0 Å². The maximum atomic E-state index is 12.5. The first-order valence-electron chi connectivity index (χ1n) is 5.60. The molecule has 2 N–H and O–H groups in total. The highest BCUT2D eigenvalue weighted by molar-refractivity contribution is 7.90. The number of primary sulfonamides is 1. The van der Waals surface area contributed by atoms with Crippen LogP contribution in [-0.2, 0) is 20.0 Å². The number of rotatable bonds is 3. The molecule has 0 aliphatic carbocycles. The van der Waals surface area contributed by atoms with Gasteiger partial charge >= 0.3 is 0 Å². The van der Waals surface area contributed by atoms with Crippen LogP contribution in [0, 0.1) is 0 Å². The minimum absolute atomic E-state index is 0.00319. The average molecular weight is 359 g/mol. The predicted octanol–water partition coefficient (Wildman–Crippen LogP) is 1.04. The van der Waals surface area contributed by atoms with Gasteiger partial charge in [0, 0.05) is 13.1 Å². The Morgan fingerprint density at radius 3 is 2.15 bits per heavy atom. The van der Waals surface area contributed by atoms with Gasteiger partial charge in [0.15, 0.2) is 0 Å². The predicted molar refractivity (Wildman–Crippen MR) is 76.7 cm³/mol. The lowest BCUT2D eigenvalue weighted by Gasteiger charge is -2.18. The molecule has 1 heterocycles. The summed E-state index contributed by atoms with van der Waals surface area (Å²) in [5.74, 6) is 0. The number of halogens is 2. The summed E-state index contributed by atoms with van der Waals surface area (Å²) in [6, 6.07) is 4.35. The molecule has 6 nitrogen and oxygen atoms in total. The molecule has 1 aromatic carbocycles. The molecular formula is C10H12Cl2N2O4S2. The summed E-state index contributed by atoms with van der Waals surface area (Å²) in [4.78, 5) is -0.210. The van der Waals surface area contributed by atoms with E-state index in [1.807, 2.05) is 0 Å². The molecule has 1 atom stereocenters. The van der Waals surface area contributed by atoms with E-state index < -0.39 is 25.3 Å². The number of sulfonamides is 2. The number of hydrogen-bond donors (Lipinski definition) is 1. The van der Waals surface area contributed by atoms with Crippen molar-refractivity contribution in [3.8, 4) is 0 Å². The minimum Gasteiger partial charge on any atom is -0.228 e. The standard InChI is InChI=1S/C10H12Cl2N2O4S2/c11-8-2-1-3-9(12)10(8)20(17,18)14-5-4-7(6-14)19(13,15)16/h1-3,7H,4-6H2,(H2,13,15,16). The zero-order chi connectivity index (χ0) is 15.1. The van der Waals surface area contributed by atoms with Crippen molar-refractivity contribution < 1.29 is 16.8 Å². The van der Waals surface area contributed by atoms with Gasteiger partial charge in [-0.15, -0.1) is 0 Å². The van der Waals surface area contributed by atoms with E-state index in [4.69, 9.17) is 28.3 Å². The maximum absolute atomic E-state index is 12.5. The van der Waals surface area contributed by atoms with Crippen molar-refractivity contribution in [2.45, 2.75) is 16.6 Å². The zero-order valence-corrected chi connectivity index (χ0v) is 13.3. The molecule has 1 aliphatic rings. The average Bonchev–Trinajstić information content (AvgIpc) is 2.77. The molecule has 0 spiro atoms. The third-order valence-electron chi connectivity index (χ3n) is 3.09. The van der Waals surface area contributed by atoms with Crippen LogP contribution in [0.25, 0.3) is 0 Å². The lowest BCUT2D eigenvalue weighted by Crippen LogP contribution is -2.34. The van der Waals surface area contributed by atoms with Crippen LogP contribution in [0.1, 0.15) is 6.42 Å². The first-order chi connectivity index (χ1) is 9.14. The molecule has 1 aromatic rings. The highest BCUT2D eigenvalue weighted by atomic mass is 35.5. The van der Waals surface area contributed by atoms with Gasteiger partial charge in [-0.2, -0.15) is 4.31 Å². The van der Waals surface area contributed by atoms with Crippen molar-refractivity contribution >= 4 is 43.2 Å². The molecule has 0 bridgehead atoms. The van der Waals surface area contributed by atoms with E-state index in [9.17, 15) is 16.8 Å². The van der Waals surface area contributed by atoms with Crippen LogP contribution in [0.15, 0.2) is 23.1 Å². The third kappa shape index (κ3) is 2.95. The molecule has 1 unspecified atom stereocenters. The van der Waals surface area contributed by atoms with Crippen molar-refractivity contribution in [1.29, 1.82) is 0 Å². The van der Waals surface area contributed by atoms with E-state index in [2.05, 4.69) is 0 Å². The van der Waals surface area contributed by atoms with Crippen LogP contribution in [0.5, 0.6) is 0 Å². The molecule has 2 rings (SSSR count). The van der Waals surface area contributed by atoms with Gasteiger partial charge in [0.2, 0.25) is 20.0 Å². The quantitative estimate of drug-likeness (QED) is 0.872. The van der Waals surface area contributed by atoms with Crippen LogP contribution in [-0.4, -0.2) is 39.5 Å². The van der Waals surface area contributed by atoms with Gasteiger partial charge in [-0.05, 0) is 18.6 Å². The summed E-state index contributed by atoms with van der Waals surface area (Å²) in [5, 5.41) is 4.13. The van der Waals surface area contributed by atoms with E-state index >= 15 is 0 Å². The molecule has 0 aromatic heterocycles. The first kappa shape index (κ1) is 16.0. The van der Waals surface area contributed by atoms with Crippen LogP contribution in [0.4, 0.5) is 0 Å². The number of nitrogens with zero attached hydrogens (tertiary/aromatic N) is 1.